The summed E-state index contributed by atoms with van der Waals surface area (Å²) < 4.78 is 11.1. The van der Waals surface area contributed by atoms with Gasteiger partial charge in [-0.3, -0.25) is 4.90 Å². The van der Waals surface area contributed by atoms with E-state index in [0.717, 1.165) is 37.6 Å². The molecule has 1 fully saturated rings. The van der Waals surface area contributed by atoms with Crippen molar-refractivity contribution in [3.05, 3.63) is 52.5 Å². The third-order valence-corrected chi connectivity index (χ3v) is 5.14. The first-order valence-electron chi connectivity index (χ1n) is 8.93. The van der Waals surface area contributed by atoms with E-state index in [0.29, 0.717) is 22.3 Å². The lowest BCUT2D eigenvalue weighted by atomic mass is 10.2. The van der Waals surface area contributed by atoms with Gasteiger partial charge >= 0.3 is 0 Å². The predicted molar refractivity (Wildman–Crippen MR) is 110 cm³/mol. The van der Waals surface area contributed by atoms with Crippen LogP contribution in [0.4, 0.5) is 5.69 Å². The average molecular weight is 411 g/mol. The van der Waals surface area contributed by atoms with Crippen LogP contribution in [0.3, 0.4) is 0 Å². The molecule has 0 aliphatic carbocycles. The van der Waals surface area contributed by atoms with Gasteiger partial charge in [0.2, 0.25) is 0 Å². The van der Waals surface area contributed by atoms with Gasteiger partial charge < -0.3 is 19.5 Å². The molecule has 0 radical (unpaired) electrons. The van der Waals surface area contributed by atoms with Crippen LogP contribution in [0.25, 0.3) is 0 Å². The smallest absolute Gasteiger partial charge is 0.142 e. The van der Waals surface area contributed by atoms with E-state index in [-0.39, 0.29) is 6.61 Å². The van der Waals surface area contributed by atoms with Gasteiger partial charge in [-0.25, -0.2) is 0 Å². The number of aliphatic hydroxyl groups excluding tert-OH is 1. The molecule has 1 aliphatic heterocycles. The Morgan fingerprint density at radius 2 is 1.78 bits per heavy atom. The maximum atomic E-state index is 10.3. The lowest BCUT2D eigenvalue weighted by molar-refractivity contribution is 0.0663. The molecule has 1 aliphatic rings. The number of benzene rings is 2. The summed E-state index contributed by atoms with van der Waals surface area (Å²) in [6, 6.07) is 13.1. The van der Waals surface area contributed by atoms with Gasteiger partial charge in [-0.15, -0.1) is 0 Å². The lowest BCUT2D eigenvalue weighted by Gasteiger charge is -2.37. The van der Waals surface area contributed by atoms with Crippen LogP contribution in [0.1, 0.15) is 0 Å². The predicted octanol–water partition coefficient (Wildman–Crippen LogP) is 3.56. The molecule has 7 heteroatoms. The minimum atomic E-state index is -0.599. The molecule has 27 heavy (non-hydrogen) atoms. The summed E-state index contributed by atoms with van der Waals surface area (Å²) >= 11 is 12.0. The zero-order chi connectivity index (χ0) is 19.2. The van der Waals surface area contributed by atoms with E-state index in [1.807, 2.05) is 18.2 Å². The van der Waals surface area contributed by atoms with Crippen molar-refractivity contribution < 1.29 is 14.6 Å². The number of para-hydroxylation sites is 2. The summed E-state index contributed by atoms with van der Waals surface area (Å²) in [6.45, 7) is 4.23. The number of β-amino-alcohol motifs (C(OH)–C–C–N with tert-alkyl or cyclic N) is 1. The van der Waals surface area contributed by atoms with E-state index in [1.54, 1.807) is 25.3 Å². The topological polar surface area (TPSA) is 45.2 Å². The number of hydrogen-bond acceptors (Lipinski definition) is 5. The van der Waals surface area contributed by atoms with Crippen LogP contribution in [0.5, 0.6) is 11.5 Å². The molecule has 0 aromatic heterocycles. The highest BCUT2D eigenvalue weighted by Crippen LogP contribution is 2.29. The molecular formula is C20H24Cl2N2O3. The van der Waals surface area contributed by atoms with Gasteiger partial charge in [-0.2, -0.15) is 0 Å². The highest BCUT2D eigenvalue weighted by atomic mass is 35.5. The molecule has 1 unspecified atom stereocenters. The molecule has 0 saturated carbocycles. The van der Waals surface area contributed by atoms with Gasteiger partial charge in [-0.1, -0.05) is 35.3 Å². The van der Waals surface area contributed by atoms with Gasteiger partial charge in [0.25, 0.3) is 0 Å². The van der Waals surface area contributed by atoms with Crippen molar-refractivity contribution in [3.63, 3.8) is 0 Å². The van der Waals surface area contributed by atoms with Crippen molar-refractivity contribution in [2.24, 2.45) is 0 Å². The largest absolute Gasteiger partial charge is 0.495 e. The molecule has 0 bridgehead atoms. The van der Waals surface area contributed by atoms with Gasteiger partial charge in [0.05, 0.1) is 17.8 Å². The van der Waals surface area contributed by atoms with E-state index in [1.165, 1.54) is 0 Å². The minimum absolute atomic E-state index is 0.173. The Bertz CT molecular complexity index is 752. The summed E-state index contributed by atoms with van der Waals surface area (Å²) in [6.07, 6.45) is -0.599. The fraction of sp³-hybridized carbons (Fsp3) is 0.400. The Labute approximate surface area is 170 Å². The molecule has 1 saturated heterocycles. The molecule has 3 rings (SSSR count). The molecule has 0 amide bonds. The van der Waals surface area contributed by atoms with E-state index < -0.39 is 6.10 Å². The number of methoxy groups -OCH3 is 1. The first kappa shape index (κ1) is 20.1. The molecule has 2 aromatic rings. The maximum Gasteiger partial charge on any atom is 0.142 e. The Kier molecular flexibility index (Phi) is 7.07. The quantitative estimate of drug-likeness (QED) is 0.755. The van der Waals surface area contributed by atoms with Crippen molar-refractivity contribution in [3.8, 4) is 11.5 Å². The second-order valence-electron chi connectivity index (χ2n) is 6.50. The van der Waals surface area contributed by atoms with Crippen LogP contribution in [0, 0.1) is 0 Å². The van der Waals surface area contributed by atoms with Gasteiger partial charge in [0, 0.05) is 43.8 Å². The van der Waals surface area contributed by atoms with Crippen LogP contribution in [0.2, 0.25) is 10.0 Å². The number of aliphatic hydroxyl groups is 1. The number of rotatable bonds is 7. The maximum absolute atomic E-state index is 10.3. The standard InChI is InChI=1S/C20H24Cl2N2O3/c1-26-19-5-3-2-4-18(19)24-10-8-23(9-11-24)13-16(25)14-27-20-12-15(21)6-7-17(20)22/h2-7,12,16,25H,8-11,13-14H2,1H3. The summed E-state index contributed by atoms with van der Waals surface area (Å²) in [5.41, 5.74) is 1.11. The highest BCUT2D eigenvalue weighted by Gasteiger charge is 2.21. The van der Waals surface area contributed by atoms with Crippen LogP contribution < -0.4 is 14.4 Å². The van der Waals surface area contributed by atoms with Gasteiger partial charge in [0.1, 0.15) is 24.2 Å². The molecule has 1 heterocycles. The number of hydrogen-bond donors (Lipinski definition) is 1. The summed E-state index contributed by atoms with van der Waals surface area (Å²) in [7, 11) is 1.69. The molecule has 1 atom stereocenters. The number of nitrogens with zero attached hydrogens (tertiary/aromatic N) is 2. The summed E-state index contributed by atoms with van der Waals surface area (Å²) in [4.78, 5) is 4.55. The Hall–Kier alpha value is -1.66. The fourth-order valence-corrected chi connectivity index (χ4v) is 3.52. The monoisotopic (exact) mass is 410 g/mol. The van der Waals surface area contributed by atoms with Crippen molar-refractivity contribution in [1.82, 2.24) is 4.90 Å². The second-order valence-corrected chi connectivity index (χ2v) is 7.34. The Balaban J connectivity index is 1.46. The highest BCUT2D eigenvalue weighted by molar-refractivity contribution is 6.34. The van der Waals surface area contributed by atoms with Crippen LogP contribution in [-0.2, 0) is 0 Å². The number of anilines is 1. The van der Waals surface area contributed by atoms with Crippen molar-refractivity contribution in [2.45, 2.75) is 6.10 Å². The summed E-state index contributed by atoms with van der Waals surface area (Å²) in [5, 5.41) is 11.3. The minimum Gasteiger partial charge on any atom is -0.495 e. The van der Waals surface area contributed by atoms with E-state index in [9.17, 15) is 5.11 Å². The average Bonchev–Trinajstić information content (AvgIpc) is 2.69. The first-order valence-corrected chi connectivity index (χ1v) is 9.68. The van der Waals surface area contributed by atoms with Crippen LogP contribution in [-0.4, -0.2) is 62.6 Å². The molecule has 1 N–H and O–H groups in total. The molecule has 146 valence electrons. The second kappa shape index (κ2) is 9.51. The Morgan fingerprint density at radius 1 is 1.04 bits per heavy atom. The van der Waals surface area contributed by atoms with E-state index in [2.05, 4.69) is 15.9 Å². The van der Waals surface area contributed by atoms with E-state index >= 15 is 0 Å². The van der Waals surface area contributed by atoms with Crippen LogP contribution in [0.15, 0.2) is 42.5 Å². The van der Waals surface area contributed by atoms with Crippen LogP contribution >= 0.6 is 23.2 Å². The van der Waals surface area contributed by atoms with Crippen molar-refractivity contribution in [1.29, 1.82) is 0 Å². The number of halogens is 2. The van der Waals surface area contributed by atoms with Gasteiger partial charge in [0.15, 0.2) is 0 Å². The third kappa shape index (κ3) is 5.42. The molecule has 2 aromatic carbocycles. The van der Waals surface area contributed by atoms with Crippen molar-refractivity contribution >= 4 is 28.9 Å². The zero-order valence-corrected chi connectivity index (χ0v) is 16.8. The third-order valence-electron chi connectivity index (χ3n) is 4.59. The zero-order valence-electron chi connectivity index (χ0n) is 15.3. The first-order chi connectivity index (χ1) is 13.1. The van der Waals surface area contributed by atoms with Crippen molar-refractivity contribution in [2.75, 3.05) is 51.3 Å². The lowest BCUT2D eigenvalue weighted by Crippen LogP contribution is -2.49. The SMILES string of the molecule is COc1ccccc1N1CCN(CC(O)COc2cc(Cl)ccc2Cl)CC1. The number of piperazine rings is 1. The van der Waals surface area contributed by atoms with Gasteiger partial charge in [-0.05, 0) is 24.3 Å². The fourth-order valence-electron chi connectivity index (χ4n) is 3.19. The Morgan fingerprint density at radius 3 is 2.52 bits per heavy atom. The molecule has 5 nitrogen and oxygen atoms in total. The van der Waals surface area contributed by atoms with E-state index in [4.69, 9.17) is 32.7 Å². The molecular weight excluding hydrogens is 387 g/mol. The summed E-state index contributed by atoms with van der Waals surface area (Å²) in [5.74, 6) is 1.38. The number of ether oxygens (including phenoxy) is 2. The normalized spacial score (nSPS) is 16.2. The molecule has 0 spiro atoms.